The summed E-state index contributed by atoms with van der Waals surface area (Å²) in [6, 6.07) is 4.96. The van der Waals surface area contributed by atoms with Crippen LogP contribution in [0.1, 0.15) is 43.1 Å². The Balaban J connectivity index is 1.99. The standard InChI is InChI=1S/C16H23N3O3/c1-2-3-9-17-15(20)12-6-5-10-19(11-12)14-8-4-7-13(18-14)16(21)22/h4,7-8,12H,2-3,5-6,9-11H2,1H3,(H,17,20)(H,21,22). The Kier molecular flexibility index (Phi) is 5.75. The van der Waals surface area contributed by atoms with Gasteiger partial charge in [-0.2, -0.15) is 0 Å². The van der Waals surface area contributed by atoms with E-state index in [1.54, 1.807) is 12.1 Å². The van der Waals surface area contributed by atoms with E-state index in [2.05, 4.69) is 17.2 Å². The van der Waals surface area contributed by atoms with E-state index in [4.69, 9.17) is 5.11 Å². The van der Waals surface area contributed by atoms with Gasteiger partial charge in [-0.25, -0.2) is 9.78 Å². The number of amides is 1. The number of carbonyl (C=O) groups excluding carboxylic acids is 1. The zero-order chi connectivity index (χ0) is 15.9. The van der Waals surface area contributed by atoms with E-state index in [9.17, 15) is 9.59 Å². The summed E-state index contributed by atoms with van der Waals surface area (Å²) in [6.45, 7) is 4.21. The van der Waals surface area contributed by atoms with Crippen LogP contribution in [0.2, 0.25) is 0 Å². The van der Waals surface area contributed by atoms with Gasteiger partial charge in [-0.15, -0.1) is 0 Å². The van der Waals surface area contributed by atoms with E-state index in [0.29, 0.717) is 12.4 Å². The van der Waals surface area contributed by atoms with Crippen LogP contribution in [-0.2, 0) is 4.79 Å². The molecule has 0 bridgehead atoms. The minimum absolute atomic E-state index is 0.0343. The van der Waals surface area contributed by atoms with Crippen LogP contribution in [0.25, 0.3) is 0 Å². The first-order valence-electron chi connectivity index (χ1n) is 7.84. The fraction of sp³-hybridized carbons (Fsp3) is 0.562. The summed E-state index contributed by atoms with van der Waals surface area (Å²) in [5.74, 6) is -0.368. The van der Waals surface area contributed by atoms with Gasteiger partial charge in [0.2, 0.25) is 5.91 Å². The van der Waals surface area contributed by atoms with Crippen molar-refractivity contribution in [3.63, 3.8) is 0 Å². The lowest BCUT2D eigenvalue weighted by molar-refractivity contribution is -0.125. The number of pyridine rings is 1. The second-order valence-electron chi connectivity index (χ2n) is 5.62. The number of hydrogen-bond donors (Lipinski definition) is 2. The third-order valence-corrected chi connectivity index (χ3v) is 3.90. The van der Waals surface area contributed by atoms with Crippen molar-refractivity contribution >= 4 is 17.7 Å². The van der Waals surface area contributed by atoms with Crippen LogP contribution in [-0.4, -0.2) is 41.6 Å². The molecule has 1 atom stereocenters. The lowest BCUT2D eigenvalue weighted by Crippen LogP contribution is -2.43. The smallest absolute Gasteiger partial charge is 0.354 e. The average molecular weight is 305 g/mol. The van der Waals surface area contributed by atoms with Crippen LogP contribution in [0, 0.1) is 5.92 Å². The molecule has 22 heavy (non-hydrogen) atoms. The Morgan fingerprint density at radius 3 is 3.00 bits per heavy atom. The predicted octanol–water partition coefficient (Wildman–Crippen LogP) is 1.91. The van der Waals surface area contributed by atoms with E-state index in [1.807, 2.05) is 4.90 Å². The van der Waals surface area contributed by atoms with Gasteiger partial charge in [-0.1, -0.05) is 19.4 Å². The summed E-state index contributed by atoms with van der Waals surface area (Å²) in [7, 11) is 0. The third kappa shape index (κ3) is 4.19. The van der Waals surface area contributed by atoms with Crippen LogP contribution >= 0.6 is 0 Å². The highest BCUT2D eigenvalue weighted by molar-refractivity contribution is 5.85. The molecule has 0 aromatic carbocycles. The molecule has 1 amide bonds. The molecule has 1 aliphatic heterocycles. The summed E-state index contributed by atoms with van der Waals surface area (Å²) in [5, 5.41) is 12.0. The molecule has 6 nitrogen and oxygen atoms in total. The number of rotatable bonds is 6. The molecular formula is C16H23N3O3. The van der Waals surface area contributed by atoms with Gasteiger partial charge in [0, 0.05) is 19.6 Å². The fourth-order valence-corrected chi connectivity index (χ4v) is 2.65. The number of aromatic nitrogens is 1. The van der Waals surface area contributed by atoms with E-state index in [0.717, 1.165) is 38.8 Å². The molecule has 1 aliphatic rings. The Morgan fingerprint density at radius 1 is 1.45 bits per heavy atom. The first-order valence-corrected chi connectivity index (χ1v) is 7.84. The summed E-state index contributed by atoms with van der Waals surface area (Å²) >= 11 is 0. The average Bonchev–Trinajstić information content (AvgIpc) is 2.55. The van der Waals surface area contributed by atoms with Crippen LogP contribution in [0.15, 0.2) is 18.2 Å². The number of aromatic carboxylic acids is 1. The van der Waals surface area contributed by atoms with Crippen LogP contribution in [0.3, 0.4) is 0 Å². The number of anilines is 1. The van der Waals surface area contributed by atoms with Gasteiger partial charge in [-0.3, -0.25) is 4.79 Å². The van der Waals surface area contributed by atoms with Crippen molar-refractivity contribution < 1.29 is 14.7 Å². The van der Waals surface area contributed by atoms with Gasteiger partial charge in [0.15, 0.2) is 5.69 Å². The van der Waals surface area contributed by atoms with Crippen LogP contribution in [0.5, 0.6) is 0 Å². The zero-order valence-corrected chi connectivity index (χ0v) is 12.9. The largest absolute Gasteiger partial charge is 0.477 e. The molecule has 0 spiro atoms. The summed E-state index contributed by atoms with van der Waals surface area (Å²) < 4.78 is 0. The molecule has 0 saturated carbocycles. The molecule has 1 aromatic rings. The Bertz CT molecular complexity index is 533. The lowest BCUT2D eigenvalue weighted by Gasteiger charge is -2.33. The first kappa shape index (κ1) is 16.3. The molecule has 1 fully saturated rings. The van der Waals surface area contributed by atoms with E-state index in [1.165, 1.54) is 6.07 Å². The highest BCUT2D eigenvalue weighted by Gasteiger charge is 2.26. The molecule has 1 aromatic heterocycles. The summed E-state index contributed by atoms with van der Waals surface area (Å²) in [4.78, 5) is 29.3. The molecule has 2 heterocycles. The molecule has 2 N–H and O–H groups in total. The summed E-state index contributed by atoms with van der Waals surface area (Å²) in [5.41, 5.74) is 0.0343. The van der Waals surface area contributed by atoms with Crippen molar-refractivity contribution in [3.05, 3.63) is 23.9 Å². The Labute approximate surface area is 130 Å². The van der Waals surface area contributed by atoms with Gasteiger partial charge in [0.1, 0.15) is 5.82 Å². The molecule has 1 saturated heterocycles. The Hall–Kier alpha value is -2.11. The van der Waals surface area contributed by atoms with E-state index < -0.39 is 5.97 Å². The lowest BCUT2D eigenvalue weighted by atomic mass is 9.97. The maximum absolute atomic E-state index is 12.2. The maximum atomic E-state index is 12.2. The van der Waals surface area contributed by atoms with Gasteiger partial charge in [-0.05, 0) is 31.4 Å². The Morgan fingerprint density at radius 2 is 2.27 bits per heavy atom. The normalized spacial score (nSPS) is 18.0. The van der Waals surface area contributed by atoms with Crippen LogP contribution < -0.4 is 10.2 Å². The van der Waals surface area contributed by atoms with Crippen molar-refractivity contribution in [1.29, 1.82) is 0 Å². The topological polar surface area (TPSA) is 82.5 Å². The number of piperidine rings is 1. The van der Waals surface area contributed by atoms with Gasteiger partial charge < -0.3 is 15.3 Å². The SMILES string of the molecule is CCCCNC(=O)C1CCCN(c2cccc(C(=O)O)n2)C1. The van der Waals surface area contributed by atoms with Gasteiger partial charge >= 0.3 is 5.97 Å². The molecule has 0 radical (unpaired) electrons. The second-order valence-corrected chi connectivity index (χ2v) is 5.62. The number of nitrogens with one attached hydrogen (secondary N) is 1. The van der Waals surface area contributed by atoms with Gasteiger partial charge in [0.05, 0.1) is 5.92 Å². The number of carboxylic acid groups (broad SMARTS) is 1. The van der Waals surface area contributed by atoms with Crippen molar-refractivity contribution in [2.75, 3.05) is 24.5 Å². The minimum atomic E-state index is -1.03. The second kappa shape index (κ2) is 7.77. The van der Waals surface area contributed by atoms with Crippen molar-refractivity contribution in [2.45, 2.75) is 32.6 Å². The number of nitrogens with zero attached hydrogens (tertiary/aromatic N) is 2. The zero-order valence-electron chi connectivity index (χ0n) is 12.9. The van der Waals surface area contributed by atoms with E-state index >= 15 is 0 Å². The molecule has 0 aliphatic carbocycles. The van der Waals surface area contributed by atoms with Crippen LogP contribution in [0.4, 0.5) is 5.82 Å². The van der Waals surface area contributed by atoms with Crippen molar-refractivity contribution in [3.8, 4) is 0 Å². The number of carbonyl (C=O) groups is 2. The quantitative estimate of drug-likeness (QED) is 0.785. The third-order valence-electron chi connectivity index (χ3n) is 3.90. The monoisotopic (exact) mass is 305 g/mol. The highest BCUT2D eigenvalue weighted by Crippen LogP contribution is 2.22. The van der Waals surface area contributed by atoms with Gasteiger partial charge in [0.25, 0.3) is 0 Å². The number of carboxylic acids is 1. The molecule has 6 heteroatoms. The van der Waals surface area contributed by atoms with Crippen molar-refractivity contribution in [1.82, 2.24) is 10.3 Å². The summed E-state index contributed by atoms with van der Waals surface area (Å²) in [6.07, 6.45) is 3.82. The van der Waals surface area contributed by atoms with Crippen molar-refractivity contribution in [2.24, 2.45) is 5.92 Å². The fourth-order valence-electron chi connectivity index (χ4n) is 2.65. The maximum Gasteiger partial charge on any atom is 0.354 e. The van der Waals surface area contributed by atoms with E-state index in [-0.39, 0.29) is 17.5 Å². The highest BCUT2D eigenvalue weighted by atomic mass is 16.4. The molecule has 2 rings (SSSR count). The molecule has 120 valence electrons. The first-order chi connectivity index (χ1) is 10.6. The number of unbranched alkanes of at least 4 members (excludes halogenated alkanes) is 1. The molecular weight excluding hydrogens is 282 g/mol. The molecule has 1 unspecified atom stereocenters. The minimum Gasteiger partial charge on any atom is -0.477 e. The number of hydrogen-bond acceptors (Lipinski definition) is 4. The predicted molar refractivity (Wildman–Crippen MR) is 84.1 cm³/mol.